The normalized spacial score (nSPS) is 13.9. The summed E-state index contributed by atoms with van der Waals surface area (Å²) < 4.78 is 25.8. The summed E-state index contributed by atoms with van der Waals surface area (Å²) in [5.74, 6) is 0. The van der Waals surface area contributed by atoms with Crippen molar-refractivity contribution in [1.82, 2.24) is 4.72 Å². The van der Waals surface area contributed by atoms with Gasteiger partial charge < -0.3 is 5.73 Å². The van der Waals surface area contributed by atoms with Gasteiger partial charge >= 0.3 is 0 Å². The van der Waals surface area contributed by atoms with Crippen LogP contribution in [0.5, 0.6) is 0 Å². The number of nitrogens with one attached hydrogen (secondary N) is 1. The van der Waals surface area contributed by atoms with Gasteiger partial charge in [0.25, 0.3) is 0 Å². The van der Waals surface area contributed by atoms with Crippen LogP contribution in [0.4, 0.5) is 0 Å². The maximum absolute atomic E-state index is 11.6. The summed E-state index contributed by atoms with van der Waals surface area (Å²) in [7, 11) is -3.27. The summed E-state index contributed by atoms with van der Waals surface area (Å²) in [5, 5.41) is -0.543. The SMILES string of the molecule is CCc1ccc(CNS(=O)(=O)C(C)CN)s1. The Labute approximate surface area is 101 Å². The van der Waals surface area contributed by atoms with Crippen molar-refractivity contribution in [2.75, 3.05) is 6.54 Å². The fraction of sp³-hybridized carbons (Fsp3) is 0.600. The maximum Gasteiger partial charge on any atom is 0.215 e. The molecule has 0 bridgehead atoms. The Bertz CT molecular complexity index is 426. The van der Waals surface area contributed by atoms with E-state index in [-0.39, 0.29) is 6.54 Å². The van der Waals surface area contributed by atoms with Crippen LogP contribution in [0.25, 0.3) is 0 Å². The van der Waals surface area contributed by atoms with E-state index in [1.807, 2.05) is 12.1 Å². The average Bonchev–Trinajstić information content (AvgIpc) is 2.73. The number of nitrogens with two attached hydrogens (primary N) is 1. The number of aryl methyl sites for hydroxylation is 1. The smallest absolute Gasteiger partial charge is 0.215 e. The first-order valence-corrected chi connectivity index (χ1v) is 7.62. The molecule has 1 heterocycles. The monoisotopic (exact) mass is 262 g/mol. The molecule has 1 aromatic heterocycles. The van der Waals surface area contributed by atoms with Gasteiger partial charge in [-0.15, -0.1) is 11.3 Å². The van der Waals surface area contributed by atoms with Gasteiger partial charge in [-0.25, -0.2) is 13.1 Å². The largest absolute Gasteiger partial charge is 0.329 e. The molecule has 3 N–H and O–H groups in total. The van der Waals surface area contributed by atoms with Crippen molar-refractivity contribution in [3.05, 3.63) is 21.9 Å². The van der Waals surface area contributed by atoms with Crippen LogP contribution in [-0.4, -0.2) is 20.2 Å². The van der Waals surface area contributed by atoms with Gasteiger partial charge in [0.15, 0.2) is 0 Å². The maximum atomic E-state index is 11.6. The van der Waals surface area contributed by atoms with Crippen molar-refractivity contribution < 1.29 is 8.42 Å². The Balaban J connectivity index is 2.57. The standard InChI is InChI=1S/C10H18N2O2S2/c1-3-9-4-5-10(15-9)7-12-16(13,14)8(2)6-11/h4-5,8,12H,3,6-7,11H2,1-2H3. The average molecular weight is 262 g/mol. The Morgan fingerprint density at radius 3 is 2.56 bits per heavy atom. The van der Waals surface area contributed by atoms with Gasteiger partial charge in [0.2, 0.25) is 10.0 Å². The van der Waals surface area contributed by atoms with Gasteiger partial charge in [0.05, 0.1) is 5.25 Å². The first kappa shape index (κ1) is 13.6. The van der Waals surface area contributed by atoms with Crippen molar-refractivity contribution in [2.24, 2.45) is 5.73 Å². The van der Waals surface area contributed by atoms with Gasteiger partial charge in [-0.05, 0) is 25.5 Å². The summed E-state index contributed by atoms with van der Waals surface area (Å²) in [6.07, 6.45) is 0.983. The number of hydrogen-bond donors (Lipinski definition) is 2. The zero-order chi connectivity index (χ0) is 12.2. The van der Waals surface area contributed by atoms with Gasteiger partial charge in [-0.1, -0.05) is 6.92 Å². The van der Waals surface area contributed by atoms with Gasteiger partial charge in [-0.3, -0.25) is 0 Å². The van der Waals surface area contributed by atoms with E-state index in [4.69, 9.17) is 5.73 Å². The van der Waals surface area contributed by atoms with E-state index in [1.54, 1.807) is 18.3 Å². The topological polar surface area (TPSA) is 72.2 Å². The molecule has 0 fully saturated rings. The van der Waals surface area contributed by atoms with E-state index in [9.17, 15) is 8.42 Å². The molecule has 0 aliphatic rings. The molecule has 4 nitrogen and oxygen atoms in total. The van der Waals surface area contributed by atoms with Crippen LogP contribution < -0.4 is 10.5 Å². The van der Waals surface area contributed by atoms with Crippen molar-refractivity contribution in [3.63, 3.8) is 0 Å². The van der Waals surface area contributed by atoms with Crippen LogP contribution >= 0.6 is 11.3 Å². The van der Waals surface area contributed by atoms with Gasteiger partial charge in [0, 0.05) is 22.8 Å². The minimum absolute atomic E-state index is 0.139. The lowest BCUT2D eigenvalue weighted by Gasteiger charge is -2.10. The van der Waals surface area contributed by atoms with Crippen LogP contribution in [0.15, 0.2) is 12.1 Å². The molecule has 92 valence electrons. The second-order valence-electron chi connectivity index (χ2n) is 3.63. The Kier molecular flexibility index (Phi) is 4.91. The predicted octanol–water partition coefficient (Wildman–Crippen LogP) is 1.08. The Hall–Kier alpha value is -0.430. The molecular formula is C10H18N2O2S2. The Morgan fingerprint density at radius 1 is 1.44 bits per heavy atom. The lowest BCUT2D eigenvalue weighted by atomic mass is 10.4. The van der Waals surface area contributed by atoms with Crippen LogP contribution in [0.1, 0.15) is 23.6 Å². The van der Waals surface area contributed by atoms with Crippen molar-refractivity contribution in [3.8, 4) is 0 Å². The second-order valence-corrected chi connectivity index (χ2v) is 7.07. The lowest BCUT2D eigenvalue weighted by molar-refractivity contribution is 0.569. The van der Waals surface area contributed by atoms with E-state index in [1.165, 1.54) is 4.88 Å². The zero-order valence-electron chi connectivity index (χ0n) is 9.56. The van der Waals surface area contributed by atoms with Crippen LogP contribution in [0, 0.1) is 0 Å². The summed E-state index contributed by atoms with van der Waals surface area (Å²) >= 11 is 1.63. The molecule has 0 saturated carbocycles. The highest BCUT2D eigenvalue weighted by Crippen LogP contribution is 2.16. The van der Waals surface area contributed by atoms with E-state index in [0.717, 1.165) is 11.3 Å². The molecule has 0 aliphatic heterocycles. The minimum Gasteiger partial charge on any atom is -0.329 e. The highest BCUT2D eigenvalue weighted by molar-refractivity contribution is 7.90. The molecule has 0 spiro atoms. The summed E-state index contributed by atoms with van der Waals surface area (Å²) in [6, 6.07) is 3.99. The molecular weight excluding hydrogens is 244 g/mol. The highest BCUT2D eigenvalue weighted by Gasteiger charge is 2.18. The van der Waals surface area contributed by atoms with Crippen LogP contribution in [-0.2, 0) is 23.0 Å². The fourth-order valence-electron chi connectivity index (χ4n) is 1.15. The molecule has 6 heteroatoms. The molecule has 1 atom stereocenters. The van der Waals surface area contributed by atoms with Crippen molar-refractivity contribution in [2.45, 2.75) is 32.1 Å². The van der Waals surface area contributed by atoms with Crippen molar-refractivity contribution >= 4 is 21.4 Å². The molecule has 1 aromatic rings. The van der Waals surface area contributed by atoms with Gasteiger partial charge in [0.1, 0.15) is 0 Å². The number of sulfonamides is 1. The van der Waals surface area contributed by atoms with E-state index >= 15 is 0 Å². The van der Waals surface area contributed by atoms with Crippen LogP contribution in [0.3, 0.4) is 0 Å². The molecule has 0 aliphatic carbocycles. The first-order valence-electron chi connectivity index (χ1n) is 5.25. The zero-order valence-corrected chi connectivity index (χ0v) is 11.2. The molecule has 0 aromatic carbocycles. The first-order chi connectivity index (χ1) is 7.49. The third kappa shape index (κ3) is 3.55. The third-order valence-electron chi connectivity index (χ3n) is 2.37. The lowest BCUT2D eigenvalue weighted by Crippen LogP contribution is -2.36. The minimum atomic E-state index is -3.27. The second kappa shape index (κ2) is 5.77. The number of hydrogen-bond acceptors (Lipinski definition) is 4. The Morgan fingerprint density at radius 2 is 2.06 bits per heavy atom. The van der Waals surface area contributed by atoms with Crippen LogP contribution in [0.2, 0.25) is 0 Å². The summed E-state index contributed by atoms with van der Waals surface area (Å²) in [4.78, 5) is 2.30. The highest BCUT2D eigenvalue weighted by atomic mass is 32.2. The van der Waals surface area contributed by atoms with E-state index in [2.05, 4.69) is 11.6 Å². The van der Waals surface area contributed by atoms with E-state index in [0.29, 0.717) is 6.54 Å². The fourth-order valence-corrected chi connectivity index (χ4v) is 3.03. The van der Waals surface area contributed by atoms with Crippen molar-refractivity contribution in [1.29, 1.82) is 0 Å². The van der Waals surface area contributed by atoms with E-state index < -0.39 is 15.3 Å². The quantitative estimate of drug-likeness (QED) is 0.805. The molecule has 0 amide bonds. The predicted molar refractivity (Wildman–Crippen MR) is 68.0 cm³/mol. The number of thiophene rings is 1. The summed E-state index contributed by atoms with van der Waals surface area (Å²) in [5.41, 5.74) is 5.34. The molecule has 0 saturated heterocycles. The molecule has 0 radical (unpaired) electrons. The summed E-state index contributed by atoms with van der Waals surface area (Å²) in [6.45, 7) is 4.18. The third-order valence-corrected chi connectivity index (χ3v) is 5.40. The number of rotatable bonds is 6. The van der Waals surface area contributed by atoms with Gasteiger partial charge in [-0.2, -0.15) is 0 Å². The molecule has 1 unspecified atom stereocenters. The molecule has 1 rings (SSSR count). The molecule has 16 heavy (non-hydrogen) atoms.